The second-order valence-electron chi connectivity index (χ2n) is 4.89. The average molecular weight is 296 g/mol. The molecule has 1 saturated heterocycles. The van der Waals surface area contributed by atoms with Gasteiger partial charge < -0.3 is 9.64 Å². The van der Waals surface area contributed by atoms with Crippen LogP contribution in [0.15, 0.2) is 5.38 Å². The molecule has 0 N–H and O–H groups in total. The van der Waals surface area contributed by atoms with Crippen molar-refractivity contribution < 1.29 is 14.3 Å². The molecule has 1 amide bonds. The summed E-state index contributed by atoms with van der Waals surface area (Å²) in [6.45, 7) is 4.68. The Kier molecular flexibility index (Phi) is 5.11. The van der Waals surface area contributed by atoms with E-state index in [1.165, 1.54) is 11.3 Å². The number of ether oxygens (including phenoxy) is 1. The number of hydrogen-bond acceptors (Lipinski definition) is 5. The van der Waals surface area contributed by atoms with Crippen molar-refractivity contribution in [3.8, 4) is 0 Å². The van der Waals surface area contributed by atoms with E-state index in [9.17, 15) is 9.59 Å². The number of carbonyl (C=O) groups excluding carboxylic acids is 2. The van der Waals surface area contributed by atoms with Crippen LogP contribution in [0.3, 0.4) is 0 Å². The summed E-state index contributed by atoms with van der Waals surface area (Å²) in [5.74, 6) is -0.317. The van der Waals surface area contributed by atoms with E-state index in [2.05, 4.69) is 4.98 Å². The van der Waals surface area contributed by atoms with E-state index in [0.717, 1.165) is 23.5 Å². The molecule has 0 aromatic carbocycles. The third-order valence-electron chi connectivity index (χ3n) is 3.38. The maximum atomic E-state index is 12.4. The minimum absolute atomic E-state index is 0.0342. The molecule has 110 valence electrons. The molecule has 2 rings (SSSR count). The van der Waals surface area contributed by atoms with Crippen LogP contribution < -0.4 is 0 Å². The molecule has 2 heterocycles. The molecule has 1 aromatic heterocycles. The van der Waals surface area contributed by atoms with Crippen molar-refractivity contribution in [2.75, 3.05) is 13.2 Å². The first-order valence-electron chi connectivity index (χ1n) is 6.99. The number of nitrogens with zero attached hydrogens (tertiary/aromatic N) is 2. The number of thiazole rings is 1. The van der Waals surface area contributed by atoms with Crippen LogP contribution in [0.5, 0.6) is 0 Å². The van der Waals surface area contributed by atoms with Crippen LogP contribution in [0.25, 0.3) is 0 Å². The summed E-state index contributed by atoms with van der Waals surface area (Å²) in [6, 6.07) is -0.420. The highest BCUT2D eigenvalue weighted by Gasteiger charge is 2.33. The van der Waals surface area contributed by atoms with E-state index in [0.29, 0.717) is 19.6 Å². The number of esters is 1. The molecule has 0 bridgehead atoms. The smallest absolute Gasteiger partial charge is 0.328 e. The molecule has 20 heavy (non-hydrogen) atoms. The highest BCUT2D eigenvalue weighted by molar-refractivity contribution is 7.09. The molecular formula is C14H20N2O3S. The van der Waals surface area contributed by atoms with Gasteiger partial charge in [0, 0.05) is 11.9 Å². The monoisotopic (exact) mass is 296 g/mol. The summed E-state index contributed by atoms with van der Waals surface area (Å²) in [7, 11) is 0. The Bertz CT molecular complexity index is 487. The van der Waals surface area contributed by atoms with Gasteiger partial charge in [0.2, 0.25) is 5.91 Å². The normalized spacial score (nSPS) is 18.9. The van der Waals surface area contributed by atoms with E-state index in [1.807, 2.05) is 12.3 Å². The Labute approximate surface area is 122 Å². The summed E-state index contributed by atoms with van der Waals surface area (Å²) >= 11 is 1.53. The van der Waals surface area contributed by atoms with Crippen LogP contribution >= 0.6 is 11.3 Å². The van der Waals surface area contributed by atoms with Crippen LogP contribution in [-0.2, 0) is 20.7 Å². The third kappa shape index (κ3) is 3.56. The zero-order valence-electron chi connectivity index (χ0n) is 11.9. The molecular weight excluding hydrogens is 276 g/mol. The van der Waals surface area contributed by atoms with Crippen molar-refractivity contribution in [1.82, 2.24) is 9.88 Å². The van der Waals surface area contributed by atoms with E-state index >= 15 is 0 Å². The highest BCUT2D eigenvalue weighted by Crippen LogP contribution is 2.20. The van der Waals surface area contributed by atoms with Crippen LogP contribution in [0.1, 0.15) is 36.9 Å². The number of amides is 1. The second kappa shape index (κ2) is 6.83. The maximum Gasteiger partial charge on any atom is 0.328 e. The van der Waals surface area contributed by atoms with Crippen molar-refractivity contribution >= 4 is 23.2 Å². The van der Waals surface area contributed by atoms with E-state index < -0.39 is 6.04 Å². The lowest BCUT2D eigenvalue weighted by atomic mass is 10.0. The Morgan fingerprint density at radius 1 is 1.50 bits per heavy atom. The number of aryl methyl sites for hydroxylation is 1. The van der Waals surface area contributed by atoms with Crippen molar-refractivity contribution in [1.29, 1.82) is 0 Å². The molecule has 1 unspecified atom stereocenters. The SMILES string of the molecule is CCOC(=O)C1CCCCN1C(=O)Cc1csc(C)n1. The van der Waals surface area contributed by atoms with Gasteiger partial charge in [-0.25, -0.2) is 9.78 Å². The lowest BCUT2D eigenvalue weighted by Crippen LogP contribution is -2.49. The summed E-state index contributed by atoms with van der Waals surface area (Å²) < 4.78 is 5.07. The molecule has 0 saturated carbocycles. The number of rotatable bonds is 4. The van der Waals surface area contributed by atoms with Gasteiger partial charge in [0.15, 0.2) is 0 Å². The van der Waals surface area contributed by atoms with Crippen molar-refractivity contribution in [3.05, 3.63) is 16.1 Å². The van der Waals surface area contributed by atoms with Crippen LogP contribution in [0.2, 0.25) is 0 Å². The predicted octanol–water partition coefficient (Wildman–Crippen LogP) is 1.94. The van der Waals surface area contributed by atoms with E-state index in [-0.39, 0.29) is 18.3 Å². The predicted molar refractivity (Wildman–Crippen MR) is 76.5 cm³/mol. The molecule has 5 nitrogen and oxygen atoms in total. The first-order valence-corrected chi connectivity index (χ1v) is 7.87. The number of aromatic nitrogens is 1. The molecule has 1 aromatic rings. The molecule has 1 atom stereocenters. The van der Waals surface area contributed by atoms with Gasteiger partial charge >= 0.3 is 5.97 Å². The van der Waals surface area contributed by atoms with Gasteiger partial charge in [-0.1, -0.05) is 0 Å². The Morgan fingerprint density at radius 3 is 2.95 bits per heavy atom. The van der Waals surface area contributed by atoms with E-state index in [4.69, 9.17) is 4.74 Å². The van der Waals surface area contributed by atoms with Gasteiger partial charge in [-0.05, 0) is 33.1 Å². The average Bonchev–Trinajstić information content (AvgIpc) is 2.84. The van der Waals surface area contributed by atoms with E-state index in [1.54, 1.807) is 11.8 Å². The van der Waals surface area contributed by atoms with Crippen molar-refractivity contribution in [3.63, 3.8) is 0 Å². The molecule has 0 aliphatic carbocycles. The largest absolute Gasteiger partial charge is 0.464 e. The topological polar surface area (TPSA) is 59.5 Å². The van der Waals surface area contributed by atoms with Crippen LogP contribution in [-0.4, -0.2) is 41.0 Å². The molecule has 1 aliphatic heterocycles. The van der Waals surface area contributed by atoms with Crippen LogP contribution in [0, 0.1) is 6.92 Å². The van der Waals surface area contributed by atoms with Gasteiger partial charge in [0.25, 0.3) is 0 Å². The minimum atomic E-state index is -0.420. The van der Waals surface area contributed by atoms with Gasteiger partial charge in [0.1, 0.15) is 6.04 Å². The fraction of sp³-hybridized carbons (Fsp3) is 0.643. The number of piperidine rings is 1. The van der Waals surface area contributed by atoms with Gasteiger partial charge in [-0.15, -0.1) is 11.3 Å². The number of carbonyl (C=O) groups is 2. The summed E-state index contributed by atoms with van der Waals surface area (Å²) in [6.07, 6.45) is 2.86. The standard InChI is InChI=1S/C14H20N2O3S/c1-3-19-14(18)12-6-4-5-7-16(12)13(17)8-11-9-20-10(2)15-11/h9,12H,3-8H2,1-2H3. The fourth-order valence-corrected chi connectivity index (χ4v) is 3.07. The lowest BCUT2D eigenvalue weighted by molar-refractivity contribution is -0.156. The molecule has 6 heteroatoms. The lowest BCUT2D eigenvalue weighted by Gasteiger charge is -2.33. The van der Waals surface area contributed by atoms with Crippen molar-refractivity contribution in [2.45, 2.75) is 45.6 Å². The fourth-order valence-electron chi connectivity index (χ4n) is 2.46. The summed E-state index contributed by atoms with van der Waals surface area (Å²) in [5.41, 5.74) is 0.783. The quantitative estimate of drug-likeness (QED) is 0.797. The first-order chi connectivity index (χ1) is 9.61. The summed E-state index contributed by atoms with van der Waals surface area (Å²) in [4.78, 5) is 30.3. The first kappa shape index (κ1) is 15.0. The van der Waals surface area contributed by atoms with Gasteiger partial charge in [-0.2, -0.15) is 0 Å². The van der Waals surface area contributed by atoms with Gasteiger partial charge in [-0.3, -0.25) is 4.79 Å². The Balaban J connectivity index is 2.03. The minimum Gasteiger partial charge on any atom is -0.464 e. The highest BCUT2D eigenvalue weighted by atomic mass is 32.1. The zero-order chi connectivity index (χ0) is 14.5. The molecule has 1 aliphatic rings. The molecule has 0 spiro atoms. The molecule has 0 radical (unpaired) electrons. The van der Waals surface area contributed by atoms with Crippen molar-refractivity contribution in [2.24, 2.45) is 0 Å². The maximum absolute atomic E-state index is 12.4. The van der Waals surface area contributed by atoms with Gasteiger partial charge in [0.05, 0.1) is 23.7 Å². The Morgan fingerprint density at radius 2 is 2.30 bits per heavy atom. The second-order valence-corrected chi connectivity index (χ2v) is 5.95. The Hall–Kier alpha value is -1.43. The zero-order valence-corrected chi connectivity index (χ0v) is 12.7. The summed E-state index contributed by atoms with van der Waals surface area (Å²) in [5, 5.41) is 2.85. The third-order valence-corrected chi connectivity index (χ3v) is 4.20. The number of likely N-dealkylation sites (tertiary alicyclic amines) is 1. The van der Waals surface area contributed by atoms with Crippen LogP contribution in [0.4, 0.5) is 0 Å². The molecule has 1 fully saturated rings. The number of hydrogen-bond donors (Lipinski definition) is 0.